The number of hydrogen-bond donors (Lipinski definition) is 1. The Bertz CT molecular complexity index is 321. The lowest BCUT2D eigenvalue weighted by molar-refractivity contribution is 0.334. The first kappa shape index (κ1) is 14.0. The van der Waals surface area contributed by atoms with Gasteiger partial charge in [-0.1, -0.05) is 12.1 Å². The Labute approximate surface area is 105 Å². The molecule has 0 aliphatic carbocycles. The van der Waals surface area contributed by atoms with E-state index in [0.717, 1.165) is 12.3 Å². The normalized spacial score (nSPS) is 14.7. The van der Waals surface area contributed by atoms with E-state index in [4.69, 9.17) is 4.74 Å². The first-order valence-corrected chi connectivity index (χ1v) is 6.07. The first-order valence-electron chi connectivity index (χ1n) is 6.07. The molecular formula is C14H24N2O. The molecule has 1 aromatic rings. The van der Waals surface area contributed by atoms with Gasteiger partial charge in [-0.15, -0.1) is 0 Å². The lowest BCUT2D eigenvalue weighted by Crippen LogP contribution is -2.37. The number of hydrogen-bond acceptors (Lipinski definition) is 3. The Morgan fingerprint density at radius 3 is 2.24 bits per heavy atom. The number of ether oxygens (including phenoxy) is 1. The number of nitrogens with one attached hydrogen (secondary N) is 1. The van der Waals surface area contributed by atoms with Gasteiger partial charge < -0.3 is 15.0 Å². The van der Waals surface area contributed by atoms with Gasteiger partial charge in [0.05, 0.1) is 7.11 Å². The molecule has 2 atom stereocenters. The van der Waals surface area contributed by atoms with Crippen LogP contribution in [-0.2, 0) is 0 Å². The Balaban J connectivity index is 2.53. The molecule has 1 rings (SSSR count). The van der Waals surface area contributed by atoms with Crippen LogP contribution in [0.5, 0.6) is 5.75 Å². The maximum Gasteiger partial charge on any atom is 0.118 e. The molecule has 3 nitrogen and oxygen atoms in total. The number of rotatable bonds is 6. The summed E-state index contributed by atoms with van der Waals surface area (Å²) in [6, 6.07) is 9.06. The van der Waals surface area contributed by atoms with Gasteiger partial charge in [-0.2, -0.15) is 0 Å². The van der Waals surface area contributed by atoms with Crippen molar-refractivity contribution in [3.05, 3.63) is 29.8 Å². The van der Waals surface area contributed by atoms with Crippen LogP contribution in [0.4, 0.5) is 0 Å². The summed E-state index contributed by atoms with van der Waals surface area (Å²) in [7, 11) is 5.88. The Hall–Kier alpha value is -1.06. The predicted octanol–water partition coefficient (Wildman–Crippen LogP) is 2.30. The fraction of sp³-hybridized carbons (Fsp3) is 0.571. The van der Waals surface area contributed by atoms with Gasteiger partial charge >= 0.3 is 0 Å². The van der Waals surface area contributed by atoms with Crippen molar-refractivity contribution in [2.75, 3.05) is 27.7 Å². The van der Waals surface area contributed by atoms with Gasteiger partial charge in [-0.3, -0.25) is 0 Å². The average molecular weight is 236 g/mol. The molecule has 17 heavy (non-hydrogen) atoms. The summed E-state index contributed by atoms with van der Waals surface area (Å²) in [4.78, 5) is 2.19. The van der Waals surface area contributed by atoms with Crippen LogP contribution in [0.1, 0.15) is 25.5 Å². The van der Waals surface area contributed by atoms with Crippen molar-refractivity contribution in [2.45, 2.75) is 25.9 Å². The van der Waals surface area contributed by atoms with Gasteiger partial charge in [0.2, 0.25) is 0 Å². The quantitative estimate of drug-likeness (QED) is 0.820. The second-order valence-electron chi connectivity index (χ2n) is 4.82. The van der Waals surface area contributed by atoms with Gasteiger partial charge in [0.25, 0.3) is 0 Å². The van der Waals surface area contributed by atoms with Gasteiger partial charge in [-0.05, 0) is 45.6 Å². The summed E-state index contributed by atoms with van der Waals surface area (Å²) < 4.78 is 5.16. The number of likely N-dealkylation sites (N-methyl/N-ethyl adjacent to an activating group) is 1. The molecule has 0 saturated carbocycles. The predicted molar refractivity (Wildman–Crippen MR) is 72.6 cm³/mol. The SMILES string of the molecule is COc1ccc(C(C)NC(C)CN(C)C)cc1. The van der Waals surface area contributed by atoms with Crippen molar-refractivity contribution >= 4 is 0 Å². The van der Waals surface area contributed by atoms with Crippen LogP contribution in [0, 0.1) is 0 Å². The molecule has 1 aromatic carbocycles. The minimum absolute atomic E-state index is 0.357. The maximum atomic E-state index is 5.16. The smallest absolute Gasteiger partial charge is 0.118 e. The zero-order valence-electron chi connectivity index (χ0n) is 11.5. The van der Waals surface area contributed by atoms with Crippen LogP contribution in [0.3, 0.4) is 0 Å². The van der Waals surface area contributed by atoms with Crippen LogP contribution < -0.4 is 10.1 Å². The standard InChI is InChI=1S/C14H24N2O/c1-11(10-16(3)4)15-12(2)13-6-8-14(17-5)9-7-13/h6-9,11-12,15H,10H2,1-5H3. The fourth-order valence-electron chi connectivity index (χ4n) is 2.02. The molecule has 2 unspecified atom stereocenters. The highest BCUT2D eigenvalue weighted by Crippen LogP contribution is 2.17. The van der Waals surface area contributed by atoms with Gasteiger partial charge in [0.1, 0.15) is 5.75 Å². The van der Waals surface area contributed by atoms with Gasteiger partial charge in [0, 0.05) is 18.6 Å². The van der Waals surface area contributed by atoms with Crippen LogP contribution in [0.15, 0.2) is 24.3 Å². The molecule has 96 valence electrons. The third-order valence-electron chi connectivity index (χ3n) is 2.79. The van der Waals surface area contributed by atoms with E-state index in [1.807, 2.05) is 12.1 Å². The molecule has 0 saturated heterocycles. The van der Waals surface area contributed by atoms with E-state index in [1.54, 1.807) is 7.11 Å². The van der Waals surface area contributed by atoms with Crippen molar-refractivity contribution in [3.63, 3.8) is 0 Å². The Kier molecular flexibility index (Phi) is 5.45. The van der Waals surface area contributed by atoms with Crippen molar-refractivity contribution in [1.82, 2.24) is 10.2 Å². The largest absolute Gasteiger partial charge is 0.497 e. The highest BCUT2D eigenvalue weighted by atomic mass is 16.5. The summed E-state index contributed by atoms with van der Waals surface area (Å²) in [5, 5.41) is 3.58. The molecule has 0 spiro atoms. The van der Waals surface area contributed by atoms with Crippen LogP contribution >= 0.6 is 0 Å². The molecule has 0 fully saturated rings. The topological polar surface area (TPSA) is 24.5 Å². The third-order valence-corrected chi connectivity index (χ3v) is 2.79. The van der Waals surface area contributed by atoms with Crippen molar-refractivity contribution in [3.8, 4) is 5.75 Å². The Morgan fingerprint density at radius 2 is 1.76 bits per heavy atom. The van der Waals surface area contributed by atoms with E-state index in [9.17, 15) is 0 Å². The molecule has 3 heteroatoms. The molecule has 0 amide bonds. The third kappa shape index (κ3) is 4.75. The monoisotopic (exact) mass is 236 g/mol. The van der Waals surface area contributed by atoms with Gasteiger partial charge in [0.15, 0.2) is 0 Å². The Morgan fingerprint density at radius 1 is 1.18 bits per heavy atom. The van der Waals surface area contributed by atoms with E-state index in [1.165, 1.54) is 5.56 Å². The van der Waals surface area contributed by atoms with Crippen LogP contribution in [-0.4, -0.2) is 38.7 Å². The number of benzene rings is 1. The molecular weight excluding hydrogens is 212 g/mol. The summed E-state index contributed by atoms with van der Waals surface area (Å²) in [5.74, 6) is 0.905. The second kappa shape index (κ2) is 6.62. The highest BCUT2D eigenvalue weighted by Gasteiger charge is 2.09. The maximum absolute atomic E-state index is 5.16. The minimum Gasteiger partial charge on any atom is -0.497 e. The van der Waals surface area contributed by atoms with Crippen LogP contribution in [0.25, 0.3) is 0 Å². The van der Waals surface area contributed by atoms with Gasteiger partial charge in [-0.25, -0.2) is 0 Å². The van der Waals surface area contributed by atoms with Crippen molar-refractivity contribution in [2.24, 2.45) is 0 Å². The molecule has 0 aliphatic heterocycles. The molecule has 0 aromatic heterocycles. The van der Waals surface area contributed by atoms with E-state index in [2.05, 4.69) is 50.3 Å². The average Bonchev–Trinajstić information content (AvgIpc) is 2.28. The van der Waals surface area contributed by atoms with Crippen LogP contribution in [0.2, 0.25) is 0 Å². The zero-order valence-corrected chi connectivity index (χ0v) is 11.5. The lowest BCUT2D eigenvalue weighted by Gasteiger charge is -2.23. The van der Waals surface area contributed by atoms with Crippen molar-refractivity contribution in [1.29, 1.82) is 0 Å². The summed E-state index contributed by atoms with van der Waals surface area (Å²) >= 11 is 0. The van der Waals surface area contributed by atoms with Crippen molar-refractivity contribution < 1.29 is 4.74 Å². The van der Waals surface area contributed by atoms with E-state index < -0.39 is 0 Å². The highest BCUT2D eigenvalue weighted by molar-refractivity contribution is 5.28. The zero-order chi connectivity index (χ0) is 12.8. The molecule has 0 heterocycles. The summed E-state index contributed by atoms with van der Waals surface area (Å²) in [6.45, 7) is 5.44. The van der Waals surface area contributed by atoms with E-state index in [-0.39, 0.29) is 0 Å². The number of nitrogens with zero attached hydrogens (tertiary/aromatic N) is 1. The first-order chi connectivity index (χ1) is 8.02. The number of methoxy groups -OCH3 is 1. The van der Waals surface area contributed by atoms with E-state index in [0.29, 0.717) is 12.1 Å². The molecule has 0 bridgehead atoms. The second-order valence-corrected chi connectivity index (χ2v) is 4.82. The minimum atomic E-state index is 0.357. The molecule has 0 radical (unpaired) electrons. The summed E-state index contributed by atoms with van der Waals surface area (Å²) in [5.41, 5.74) is 1.29. The lowest BCUT2D eigenvalue weighted by atomic mass is 10.1. The fourth-order valence-corrected chi connectivity index (χ4v) is 2.02. The molecule has 0 aliphatic rings. The summed E-state index contributed by atoms with van der Waals surface area (Å²) in [6.07, 6.45) is 0. The molecule has 1 N–H and O–H groups in total. The van der Waals surface area contributed by atoms with E-state index >= 15 is 0 Å².